The molecule has 132 valence electrons. The molecule has 0 spiro atoms. The fraction of sp³-hybridized carbons (Fsp3) is 0.278. The molecule has 0 amide bonds. The lowest BCUT2D eigenvalue weighted by atomic mass is 9.98. The fourth-order valence-electron chi connectivity index (χ4n) is 3.01. The van der Waals surface area contributed by atoms with E-state index in [1.54, 1.807) is 20.3 Å². The van der Waals surface area contributed by atoms with Crippen LogP contribution in [0.1, 0.15) is 23.6 Å². The standard InChI is InChI=1S/C18H20N2O4S/c1-23-17-11-7-10-14(18(17)24-2)16-12-15(13-8-5-4-6-9-13)19-20(16)25(3,21)22/h4-11,16H,12H2,1-3H3. The van der Waals surface area contributed by atoms with Gasteiger partial charge in [-0.3, -0.25) is 0 Å². The monoisotopic (exact) mass is 360 g/mol. The number of hydrazone groups is 1. The molecule has 0 saturated heterocycles. The molecular weight excluding hydrogens is 340 g/mol. The molecule has 1 atom stereocenters. The van der Waals surface area contributed by atoms with Gasteiger partial charge in [-0.2, -0.15) is 9.52 Å². The Balaban J connectivity index is 2.08. The molecule has 1 unspecified atom stereocenters. The number of nitrogens with zero attached hydrogens (tertiary/aromatic N) is 2. The summed E-state index contributed by atoms with van der Waals surface area (Å²) in [6, 6.07) is 14.5. The minimum absolute atomic E-state index is 0.459. The Morgan fingerprint density at radius 2 is 1.76 bits per heavy atom. The second kappa shape index (κ2) is 6.76. The smallest absolute Gasteiger partial charge is 0.247 e. The van der Waals surface area contributed by atoms with Gasteiger partial charge in [0, 0.05) is 12.0 Å². The summed E-state index contributed by atoms with van der Waals surface area (Å²) in [6.07, 6.45) is 1.62. The van der Waals surface area contributed by atoms with Crippen LogP contribution in [0.15, 0.2) is 53.6 Å². The van der Waals surface area contributed by atoms with Crippen molar-refractivity contribution < 1.29 is 17.9 Å². The third-order valence-corrected chi connectivity index (χ3v) is 5.13. The van der Waals surface area contributed by atoms with Gasteiger partial charge < -0.3 is 9.47 Å². The van der Waals surface area contributed by atoms with Crippen molar-refractivity contribution in [2.75, 3.05) is 20.5 Å². The van der Waals surface area contributed by atoms with E-state index in [4.69, 9.17) is 9.47 Å². The van der Waals surface area contributed by atoms with E-state index in [1.807, 2.05) is 42.5 Å². The van der Waals surface area contributed by atoms with E-state index in [-0.39, 0.29) is 0 Å². The molecule has 0 aliphatic carbocycles. The molecule has 2 aromatic rings. The Morgan fingerprint density at radius 3 is 2.36 bits per heavy atom. The highest BCUT2D eigenvalue weighted by atomic mass is 32.2. The highest BCUT2D eigenvalue weighted by Gasteiger charge is 2.36. The summed E-state index contributed by atoms with van der Waals surface area (Å²) in [5.74, 6) is 1.08. The van der Waals surface area contributed by atoms with Gasteiger partial charge in [-0.25, -0.2) is 8.42 Å². The largest absolute Gasteiger partial charge is 0.493 e. The lowest BCUT2D eigenvalue weighted by Gasteiger charge is -2.23. The summed E-state index contributed by atoms with van der Waals surface area (Å²) >= 11 is 0. The third kappa shape index (κ3) is 3.32. The van der Waals surface area contributed by atoms with Crippen molar-refractivity contribution in [3.8, 4) is 11.5 Å². The molecule has 6 nitrogen and oxygen atoms in total. The molecule has 0 fully saturated rings. The number of benzene rings is 2. The summed E-state index contributed by atoms with van der Waals surface area (Å²) in [4.78, 5) is 0. The maximum absolute atomic E-state index is 12.3. The van der Waals surface area contributed by atoms with E-state index < -0.39 is 16.1 Å². The Hall–Kier alpha value is -2.54. The summed E-state index contributed by atoms with van der Waals surface area (Å²) in [7, 11) is -0.442. The first kappa shape index (κ1) is 17.3. The van der Waals surface area contributed by atoms with Crippen molar-refractivity contribution in [1.29, 1.82) is 0 Å². The van der Waals surface area contributed by atoms with Gasteiger partial charge in [0.05, 0.1) is 32.2 Å². The normalized spacial score (nSPS) is 17.3. The summed E-state index contributed by atoms with van der Waals surface area (Å²) in [6.45, 7) is 0. The Bertz CT molecular complexity index is 895. The number of rotatable bonds is 5. The molecule has 0 N–H and O–H groups in total. The zero-order valence-corrected chi connectivity index (χ0v) is 15.2. The van der Waals surface area contributed by atoms with Gasteiger partial charge in [0.15, 0.2) is 11.5 Å². The number of para-hydroxylation sites is 1. The van der Waals surface area contributed by atoms with Gasteiger partial charge in [-0.1, -0.05) is 42.5 Å². The first-order chi connectivity index (χ1) is 12.0. The highest BCUT2D eigenvalue weighted by molar-refractivity contribution is 7.88. The van der Waals surface area contributed by atoms with Gasteiger partial charge in [0.25, 0.3) is 0 Å². The van der Waals surface area contributed by atoms with Gasteiger partial charge >= 0.3 is 0 Å². The first-order valence-electron chi connectivity index (χ1n) is 7.79. The maximum atomic E-state index is 12.3. The van der Waals surface area contributed by atoms with Gasteiger partial charge in [0.2, 0.25) is 10.0 Å². The van der Waals surface area contributed by atoms with E-state index >= 15 is 0 Å². The van der Waals surface area contributed by atoms with Crippen LogP contribution < -0.4 is 9.47 Å². The molecule has 1 heterocycles. The average molecular weight is 360 g/mol. The fourth-order valence-corrected chi connectivity index (χ4v) is 3.90. The molecule has 3 rings (SSSR count). The van der Waals surface area contributed by atoms with E-state index in [9.17, 15) is 8.42 Å². The zero-order chi connectivity index (χ0) is 18.0. The Kier molecular flexibility index (Phi) is 4.67. The van der Waals surface area contributed by atoms with Crippen LogP contribution in [0.25, 0.3) is 0 Å². The molecule has 0 radical (unpaired) electrons. The van der Waals surface area contributed by atoms with Gasteiger partial charge in [-0.15, -0.1) is 0 Å². The minimum atomic E-state index is -3.54. The van der Waals surface area contributed by atoms with Crippen LogP contribution in [-0.4, -0.2) is 39.0 Å². The first-order valence-corrected chi connectivity index (χ1v) is 9.63. The molecule has 0 saturated carbocycles. The van der Waals surface area contributed by atoms with Crippen LogP contribution in [0.4, 0.5) is 0 Å². The third-order valence-electron chi connectivity index (χ3n) is 4.11. The van der Waals surface area contributed by atoms with Crippen molar-refractivity contribution in [2.45, 2.75) is 12.5 Å². The Labute approximate surface area is 147 Å². The second-order valence-electron chi connectivity index (χ2n) is 5.75. The predicted molar refractivity (Wildman–Crippen MR) is 96.6 cm³/mol. The van der Waals surface area contributed by atoms with E-state index in [2.05, 4.69) is 5.10 Å². The molecule has 0 aromatic heterocycles. The minimum Gasteiger partial charge on any atom is -0.493 e. The number of hydrogen-bond donors (Lipinski definition) is 0. The predicted octanol–water partition coefficient (Wildman–Crippen LogP) is 2.81. The van der Waals surface area contributed by atoms with Crippen molar-refractivity contribution in [3.05, 3.63) is 59.7 Å². The van der Waals surface area contributed by atoms with Gasteiger partial charge in [0.1, 0.15) is 0 Å². The SMILES string of the molecule is COc1cccc(C2CC(c3ccccc3)=NN2S(C)(=O)=O)c1OC. The van der Waals surface area contributed by atoms with Gasteiger partial charge in [-0.05, 0) is 11.6 Å². The summed E-state index contributed by atoms with van der Waals surface area (Å²) < 4.78 is 36.6. The maximum Gasteiger partial charge on any atom is 0.247 e. The molecule has 25 heavy (non-hydrogen) atoms. The van der Waals surface area contributed by atoms with Crippen molar-refractivity contribution in [2.24, 2.45) is 5.10 Å². The highest BCUT2D eigenvalue weighted by Crippen LogP contribution is 2.42. The Morgan fingerprint density at radius 1 is 1.04 bits per heavy atom. The molecule has 2 aromatic carbocycles. The van der Waals surface area contributed by atoms with E-state index in [0.29, 0.717) is 17.9 Å². The van der Waals surface area contributed by atoms with Crippen molar-refractivity contribution in [3.63, 3.8) is 0 Å². The molecular formula is C18H20N2O4S. The molecule has 1 aliphatic heterocycles. The van der Waals surface area contributed by atoms with Crippen LogP contribution in [0.2, 0.25) is 0 Å². The average Bonchev–Trinajstić information content (AvgIpc) is 3.07. The number of hydrogen-bond acceptors (Lipinski definition) is 5. The zero-order valence-electron chi connectivity index (χ0n) is 14.3. The number of methoxy groups -OCH3 is 2. The van der Waals surface area contributed by atoms with Crippen LogP contribution in [-0.2, 0) is 10.0 Å². The summed E-state index contributed by atoms with van der Waals surface area (Å²) in [5.41, 5.74) is 2.35. The topological polar surface area (TPSA) is 68.2 Å². The van der Waals surface area contributed by atoms with Crippen LogP contribution in [0, 0.1) is 0 Å². The quantitative estimate of drug-likeness (QED) is 0.822. The van der Waals surface area contributed by atoms with E-state index in [1.165, 1.54) is 0 Å². The van der Waals surface area contributed by atoms with Crippen LogP contribution in [0.5, 0.6) is 11.5 Å². The summed E-state index contributed by atoms with van der Waals surface area (Å²) in [5, 5.41) is 4.38. The molecule has 1 aliphatic rings. The number of sulfonamides is 1. The van der Waals surface area contributed by atoms with E-state index in [0.717, 1.165) is 27.5 Å². The van der Waals surface area contributed by atoms with Crippen molar-refractivity contribution in [1.82, 2.24) is 4.41 Å². The molecule has 7 heteroatoms. The van der Waals surface area contributed by atoms with Crippen LogP contribution in [0.3, 0.4) is 0 Å². The van der Waals surface area contributed by atoms with Crippen molar-refractivity contribution >= 4 is 15.7 Å². The van der Waals surface area contributed by atoms with Crippen LogP contribution >= 0.6 is 0 Å². The lowest BCUT2D eigenvalue weighted by molar-refractivity contribution is 0.329. The molecule has 0 bridgehead atoms. The second-order valence-corrected chi connectivity index (χ2v) is 7.59. The lowest BCUT2D eigenvalue weighted by Crippen LogP contribution is -2.26. The number of ether oxygens (including phenoxy) is 2.